The van der Waals surface area contributed by atoms with E-state index in [1.165, 1.54) is 0 Å². The fourth-order valence-corrected chi connectivity index (χ4v) is 2.48. The number of carbonyl (C=O) groups is 1. The predicted octanol–water partition coefficient (Wildman–Crippen LogP) is 0.265. The summed E-state index contributed by atoms with van der Waals surface area (Å²) in [6.45, 7) is 4.16. The van der Waals surface area contributed by atoms with Gasteiger partial charge < -0.3 is 10.6 Å². The van der Waals surface area contributed by atoms with E-state index in [1.54, 1.807) is 0 Å². The molecule has 2 aliphatic heterocycles. The maximum absolute atomic E-state index is 11.1. The van der Waals surface area contributed by atoms with Crippen LogP contribution in [-0.2, 0) is 4.79 Å². The SMILES string of the molecule is C[C@H]1C[C@]2(CCN1)CNC(=O)C2. The minimum absolute atomic E-state index is 0.240. The van der Waals surface area contributed by atoms with Crippen molar-refractivity contribution in [2.24, 2.45) is 5.41 Å². The van der Waals surface area contributed by atoms with Gasteiger partial charge in [0.05, 0.1) is 0 Å². The quantitative estimate of drug-likeness (QED) is 0.545. The Bertz CT molecular complexity index is 205. The summed E-state index contributed by atoms with van der Waals surface area (Å²) in [5.41, 5.74) is 0.293. The highest BCUT2D eigenvalue weighted by atomic mass is 16.1. The summed E-state index contributed by atoms with van der Waals surface area (Å²) in [6.07, 6.45) is 3.04. The molecule has 0 saturated carbocycles. The van der Waals surface area contributed by atoms with Crippen molar-refractivity contribution < 1.29 is 4.79 Å². The summed E-state index contributed by atoms with van der Waals surface area (Å²) in [6, 6.07) is 0.575. The van der Waals surface area contributed by atoms with Crippen LogP contribution in [0, 0.1) is 5.41 Å². The number of nitrogens with one attached hydrogen (secondary N) is 2. The highest BCUT2D eigenvalue weighted by Crippen LogP contribution is 2.37. The highest BCUT2D eigenvalue weighted by molar-refractivity contribution is 5.79. The molecule has 0 aliphatic carbocycles. The highest BCUT2D eigenvalue weighted by Gasteiger charge is 2.40. The third-order valence-electron chi connectivity index (χ3n) is 3.08. The average molecular weight is 168 g/mol. The molecule has 0 radical (unpaired) electrons. The molecule has 2 saturated heterocycles. The van der Waals surface area contributed by atoms with Crippen molar-refractivity contribution in [2.45, 2.75) is 32.2 Å². The lowest BCUT2D eigenvalue weighted by Gasteiger charge is -2.35. The van der Waals surface area contributed by atoms with Gasteiger partial charge in [0.25, 0.3) is 0 Å². The molecule has 3 nitrogen and oxygen atoms in total. The van der Waals surface area contributed by atoms with Gasteiger partial charge in [0, 0.05) is 19.0 Å². The molecule has 2 rings (SSSR count). The topological polar surface area (TPSA) is 41.1 Å². The lowest BCUT2D eigenvalue weighted by Crippen LogP contribution is -2.43. The number of hydrogen-bond donors (Lipinski definition) is 2. The number of amides is 1. The fraction of sp³-hybridized carbons (Fsp3) is 0.889. The van der Waals surface area contributed by atoms with Crippen molar-refractivity contribution >= 4 is 5.91 Å². The molecule has 0 aromatic heterocycles. The van der Waals surface area contributed by atoms with Crippen LogP contribution < -0.4 is 10.6 Å². The minimum Gasteiger partial charge on any atom is -0.356 e. The number of piperidine rings is 1. The molecule has 2 heterocycles. The first-order chi connectivity index (χ1) is 5.70. The summed E-state index contributed by atoms with van der Waals surface area (Å²) in [7, 11) is 0. The first-order valence-corrected chi connectivity index (χ1v) is 4.70. The summed E-state index contributed by atoms with van der Waals surface area (Å²) >= 11 is 0. The molecule has 2 atom stereocenters. The molecule has 0 unspecified atom stereocenters. The van der Waals surface area contributed by atoms with Crippen LogP contribution in [0.25, 0.3) is 0 Å². The van der Waals surface area contributed by atoms with Gasteiger partial charge in [0.15, 0.2) is 0 Å². The maximum Gasteiger partial charge on any atom is 0.220 e. The zero-order valence-corrected chi connectivity index (χ0v) is 7.52. The third-order valence-corrected chi connectivity index (χ3v) is 3.08. The van der Waals surface area contributed by atoms with Gasteiger partial charge in [0.2, 0.25) is 5.91 Å². The standard InChI is InChI=1S/C9H16N2O/c1-7-4-9(2-3-10-7)5-8(12)11-6-9/h7,10H,2-6H2,1H3,(H,11,12)/t7-,9-/m0/s1. The van der Waals surface area contributed by atoms with E-state index in [0.29, 0.717) is 11.5 Å². The van der Waals surface area contributed by atoms with E-state index in [-0.39, 0.29) is 5.91 Å². The molecule has 2 N–H and O–H groups in total. The van der Waals surface area contributed by atoms with Gasteiger partial charge in [-0.25, -0.2) is 0 Å². The Labute approximate surface area is 72.9 Å². The largest absolute Gasteiger partial charge is 0.356 e. The lowest BCUT2D eigenvalue weighted by molar-refractivity contribution is -0.119. The Morgan fingerprint density at radius 2 is 2.42 bits per heavy atom. The summed E-state index contributed by atoms with van der Waals surface area (Å²) < 4.78 is 0. The first-order valence-electron chi connectivity index (χ1n) is 4.70. The van der Waals surface area contributed by atoms with E-state index in [1.807, 2.05) is 0 Å². The van der Waals surface area contributed by atoms with Crippen LogP contribution >= 0.6 is 0 Å². The van der Waals surface area contributed by atoms with Crippen molar-refractivity contribution in [3.05, 3.63) is 0 Å². The Kier molecular flexibility index (Phi) is 1.83. The van der Waals surface area contributed by atoms with Crippen LogP contribution in [0.15, 0.2) is 0 Å². The molecule has 68 valence electrons. The van der Waals surface area contributed by atoms with Gasteiger partial charge in [0.1, 0.15) is 0 Å². The second-order valence-corrected chi connectivity index (χ2v) is 4.26. The van der Waals surface area contributed by atoms with Gasteiger partial charge in [-0.15, -0.1) is 0 Å². The van der Waals surface area contributed by atoms with E-state index < -0.39 is 0 Å². The second-order valence-electron chi connectivity index (χ2n) is 4.26. The Balaban J connectivity index is 2.05. The van der Waals surface area contributed by atoms with Gasteiger partial charge in [-0.05, 0) is 31.7 Å². The van der Waals surface area contributed by atoms with Crippen LogP contribution in [0.3, 0.4) is 0 Å². The molecular weight excluding hydrogens is 152 g/mol. The van der Waals surface area contributed by atoms with Crippen LogP contribution in [0.5, 0.6) is 0 Å². The summed E-state index contributed by atoms with van der Waals surface area (Å²) in [5, 5.41) is 6.34. The maximum atomic E-state index is 11.1. The van der Waals surface area contributed by atoms with Crippen LogP contribution in [-0.4, -0.2) is 25.0 Å². The van der Waals surface area contributed by atoms with Gasteiger partial charge in [-0.2, -0.15) is 0 Å². The first kappa shape index (κ1) is 8.05. The van der Waals surface area contributed by atoms with Crippen molar-refractivity contribution in [1.82, 2.24) is 10.6 Å². The normalized spacial score (nSPS) is 41.8. The number of hydrogen-bond acceptors (Lipinski definition) is 2. The summed E-state index contributed by atoms with van der Waals surface area (Å²) in [5.74, 6) is 0.240. The second kappa shape index (κ2) is 2.73. The molecule has 2 fully saturated rings. The Morgan fingerprint density at radius 3 is 3.00 bits per heavy atom. The minimum atomic E-state index is 0.240. The Hall–Kier alpha value is -0.570. The van der Waals surface area contributed by atoms with E-state index in [0.717, 1.165) is 32.4 Å². The fourth-order valence-electron chi connectivity index (χ4n) is 2.48. The molecule has 0 aromatic rings. The lowest BCUT2D eigenvalue weighted by atomic mass is 9.76. The van der Waals surface area contributed by atoms with Crippen molar-refractivity contribution in [2.75, 3.05) is 13.1 Å². The molecule has 2 aliphatic rings. The summed E-state index contributed by atoms with van der Waals surface area (Å²) in [4.78, 5) is 11.1. The van der Waals surface area contributed by atoms with Crippen LogP contribution in [0.4, 0.5) is 0 Å². The van der Waals surface area contributed by atoms with E-state index >= 15 is 0 Å². The van der Waals surface area contributed by atoms with Crippen LogP contribution in [0.2, 0.25) is 0 Å². The molecule has 0 bridgehead atoms. The van der Waals surface area contributed by atoms with Gasteiger partial charge in [-0.1, -0.05) is 0 Å². The predicted molar refractivity (Wildman–Crippen MR) is 46.8 cm³/mol. The molecular formula is C9H16N2O. The molecule has 0 aromatic carbocycles. The zero-order valence-electron chi connectivity index (χ0n) is 7.52. The van der Waals surface area contributed by atoms with Crippen molar-refractivity contribution in [3.8, 4) is 0 Å². The third kappa shape index (κ3) is 1.33. The molecule has 1 spiro atoms. The van der Waals surface area contributed by atoms with Crippen molar-refractivity contribution in [1.29, 1.82) is 0 Å². The number of rotatable bonds is 0. The molecule has 12 heavy (non-hydrogen) atoms. The van der Waals surface area contributed by atoms with Gasteiger partial charge in [-0.3, -0.25) is 4.79 Å². The average Bonchev–Trinajstić information content (AvgIpc) is 2.32. The smallest absolute Gasteiger partial charge is 0.220 e. The monoisotopic (exact) mass is 168 g/mol. The van der Waals surface area contributed by atoms with Gasteiger partial charge >= 0.3 is 0 Å². The van der Waals surface area contributed by atoms with E-state index in [9.17, 15) is 4.79 Å². The van der Waals surface area contributed by atoms with Crippen LogP contribution in [0.1, 0.15) is 26.2 Å². The number of carbonyl (C=O) groups excluding carboxylic acids is 1. The van der Waals surface area contributed by atoms with E-state index in [2.05, 4.69) is 17.6 Å². The molecule has 1 amide bonds. The Morgan fingerprint density at radius 1 is 1.58 bits per heavy atom. The van der Waals surface area contributed by atoms with E-state index in [4.69, 9.17) is 0 Å². The van der Waals surface area contributed by atoms with Crippen molar-refractivity contribution in [3.63, 3.8) is 0 Å². The molecule has 3 heteroatoms. The zero-order chi connectivity index (χ0) is 8.60.